The molecule has 0 saturated carbocycles. The molecule has 0 spiro atoms. The Bertz CT molecular complexity index is 2320. The number of fused-ring (bicyclic) bond motifs is 4. The standard InChI is InChI=1S/C44H30N2/c1-3-18-34(19-4-1)44(39-25-9-7-23-37(39)38-24-8-10-26-40(38)44)35-20-14-16-32(30-35)31-15-13-17-33(29-31)43-45-41-27-11-12-28-42(41)46(43)36-21-5-2-6-22-36/h1-30H. The number of para-hydroxylation sites is 3. The normalized spacial score (nSPS) is 13.0. The molecule has 9 rings (SSSR count). The Morgan fingerprint density at radius 1 is 0.413 bits per heavy atom. The summed E-state index contributed by atoms with van der Waals surface area (Å²) >= 11 is 0. The molecule has 1 aromatic heterocycles. The van der Waals surface area contributed by atoms with E-state index in [2.05, 4.69) is 187 Å². The van der Waals surface area contributed by atoms with Gasteiger partial charge in [-0.1, -0.05) is 146 Å². The molecule has 0 amide bonds. The fourth-order valence-corrected chi connectivity index (χ4v) is 7.54. The minimum absolute atomic E-state index is 0.427. The van der Waals surface area contributed by atoms with E-state index < -0.39 is 5.41 Å². The smallest absolute Gasteiger partial charge is 0.145 e. The van der Waals surface area contributed by atoms with Crippen LogP contribution in [-0.4, -0.2) is 9.55 Å². The van der Waals surface area contributed by atoms with Crippen LogP contribution in [0.3, 0.4) is 0 Å². The fourth-order valence-electron chi connectivity index (χ4n) is 7.54. The minimum Gasteiger partial charge on any atom is -0.292 e. The first kappa shape index (κ1) is 26.4. The summed E-state index contributed by atoms with van der Waals surface area (Å²) in [5.74, 6) is 0.935. The molecule has 7 aromatic carbocycles. The molecule has 0 aliphatic heterocycles. The molecular formula is C44H30N2. The molecule has 46 heavy (non-hydrogen) atoms. The molecule has 0 unspecified atom stereocenters. The fraction of sp³-hybridized carbons (Fsp3) is 0.0227. The van der Waals surface area contributed by atoms with Crippen molar-refractivity contribution in [3.63, 3.8) is 0 Å². The summed E-state index contributed by atoms with van der Waals surface area (Å²) in [7, 11) is 0. The summed E-state index contributed by atoms with van der Waals surface area (Å²) < 4.78 is 2.27. The van der Waals surface area contributed by atoms with E-state index in [1.54, 1.807) is 0 Å². The van der Waals surface area contributed by atoms with Gasteiger partial charge in [0.1, 0.15) is 5.82 Å². The molecule has 1 aliphatic rings. The van der Waals surface area contributed by atoms with Crippen LogP contribution < -0.4 is 0 Å². The molecule has 1 aliphatic carbocycles. The Morgan fingerprint density at radius 2 is 0.957 bits per heavy atom. The van der Waals surface area contributed by atoms with Gasteiger partial charge in [0.25, 0.3) is 0 Å². The molecule has 0 bridgehead atoms. The quantitative estimate of drug-likeness (QED) is 0.196. The van der Waals surface area contributed by atoms with Crippen LogP contribution in [0.15, 0.2) is 182 Å². The van der Waals surface area contributed by atoms with Gasteiger partial charge < -0.3 is 0 Å². The van der Waals surface area contributed by atoms with Crippen molar-refractivity contribution in [3.8, 4) is 39.3 Å². The maximum Gasteiger partial charge on any atom is 0.145 e. The SMILES string of the molecule is c1ccc(-n2c(-c3cccc(-c4cccc(C5(c6ccccc6)c6ccccc6-c6ccccc65)c4)c3)nc3ccccc32)cc1. The van der Waals surface area contributed by atoms with Crippen molar-refractivity contribution >= 4 is 11.0 Å². The van der Waals surface area contributed by atoms with Crippen LogP contribution in [0.4, 0.5) is 0 Å². The molecule has 2 nitrogen and oxygen atoms in total. The summed E-state index contributed by atoms with van der Waals surface area (Å²) in [4.78, 5) is 5.14. The van der Waals surface area contributed by atoms with Crippen LogP contribution in [0.2, 0.25) is 0 Å². The lowest BCUT2D eigenvalue weighted by molar-refractivity contribution is 0.769. The van der Waals surface area contributed by atoms with Gasteiger partial charge in [-0.25, -0.2) is 4.98 Å². The monoisotopic (exact) mass is 586 g/mol. The van der Waals surface area contributed by atoms with E-state index in [0.29, 0.717) is 0 Å². The van der Waals surface area contributed by atoms with Crippen LogP contribution in [0.1, 0.15) is 22.3 Å². The Kier molecular flexibility index (Phi) is 6.07. The molecule has 216 valence electrons. The summed E-state index contributed by atoms with van der Waals surface area (Å²) in [6.45, 7) is 0. The Balaban J connectivity index is 1.24. The highest BCUT2D eigenvalue weighted by atomic mass is 15.1. The maximum absolute atomic E-state index is 5.14. The highest BCUT2D eigenvalue weighted by Crippen LogP contribution is 2.56. The Hall–Kier alpha value is -5.99. The van der Waals surface area contributed by atoms with Gasteiger partial charge in [0.05, 0.1) is 16.4 Å². The number of nitrogens with zero attached hydrogens (tertiary/aromatic N) is 2. The topological polar surface area (TPSA) is 17.8 Å². The Morgan fingerprint density at radius 3 is 1.70 bits per heavy atom. The van der Waals surface area contributed by atoms with Gasteiger partial charge in [-0.3, -0.25) is 4.57 Å². The summed E-state index contributed by atoms with van der Waals surface area (Å²) in [5, 5.41) is 0. The number of hydrogen-bond donors (Lipinski definition) is 0. The summed E-state index contributed by atoms with van der Waals surface area (Å²) in [6, 6.07) is 65.6. The van der Waals surface area contributed by atoms with Crippen molar-refractivity contribution in [2.75, 3.05) is 0 Å². The molecule has 2 heteroatoms. The zero-order valence-electron chi connectivity index (χ0n) is 25.2. The van der Waals surface area contributed by atoms with Crippen molar-refractivity contribution in [2.24, 2.45) is 0 Å². The van der Waals surface area contributed by atoms with Crippen LogP contribution in [-0.2, 0) is 5.41 Å². The first-order valence-electron chi connectivity index (χ1n) is 15.8. The van der Waals surface area contributed by atoms with E-state index in [9.17, 15) is 0 Å². The number of hydrogen-bond acceptors (Lipinski definition) is 1. The van der Waals surface area contributed by atoms with E-state index in [0.717, 1.165) is 33.7 Å². The highest BCUT2D eigenvalue weighted by Gasteiger charge is 2.45. The van der Waals surface area contributed by atoms with E-state index in [1.165, 1.54) is 38.9 Å². The average molecular weight is 587 g/mol. The van der Waals surface area contributed by atoms with Crippen molar-refractivity contribution < 1.29 is 0 Å². The van der Waals surface area contributed by atoms with Crippen molar-refractivity contribution in [1.29, 1.82) is 0 Å². The molecular weight excluding hydrogens is 556 g/mol. The average Bonchev–Trinajstić information content (AvgIpc) is 3.67. The second-order valence-electron chi connectivity index (χ2n) is 12.0. The lowest BCUT2D eigenvalue weighted by Gasteiger charge is -2.34. The zero-order chi connectivity index (χ0) is 30.5. The number of imidazole rings is 1. The molecule has 1 heterocycles. The van der Waals surface area contributed by atoms with Gasteiger partial charge in [0, 0.05) is 11.3 Å². The molecule has 0 radical (unpaired) electrons. The lowest BCUT2D eigenvalue weighted by atomic mass is 9.67. The number of benzene rings is 7. The predicted molar refractivity (Wildman–Crippen MR) is 189 cm³/mol. The van der Waals surface area contributed by atoms with Crippen molar-refractivity contribution in [3.05, 3.63) is 204 Å². The first-order chi connectivity index (χ1) is 22.8. The van der Waals surface area contributed by atoms with E-state index in [4.69, 9.17) is 4.98 Å². The number of aromatic nitrogens is 2. The van der Waals surface area contributed by atoms with Gasteiger partial charge in [-0.05, 0) is 80.9 Å². The molecule has 0 saturated heterocycles. The maximum atomic E-state index is 5.14. The summed E-state index contributed by atoms with van der Waals surface area (Å²) in [6.07, 6.45) is 0. The van der Waals surface area contributed by atoms with Crippen LogP contribution >= 0.6 is 0 Å². The van der Waals surface area contributed by atoms with Gasteiger partial charge in [-0.2, -0.15) is 0 Å². The lowest BCUT2D eigenvalue weighted by Crippen LogP contribution is -2.28. The van der Waals surface area contributed by atoms with E-state index in [1.807, 2.05) is 0 Å². The van der Waals surface area contributed by atoms with Crippen LogP contribution in [0, 0.1) is 0 Å². The summed E-state index contributed by atoms with van der Waals surface area (Å²) in [5.41, 5.74) is 14.0. The second-order valence-corrected chi connectivity index (χ2v) is 12.0. The van der Waals surface area contributed by atoms with Gasteiger partial charge in [0.2, 0.25) is 0 Å². The van der Waals surface area contributed by atoms with Gasteiger partial charge >= 0.3 is 0 Å². The molecule has 0 N–H and O–H groups in total. The Labute approximate surface area is 268 Å². The predicted octanol–water partition coefficient (Wildman–Crippen LogP) is 10.7. The third-order valence-corrected chi connectivity index (χ3v) is 9.48. The van der Waals surface area contributed by atoms with Crippen molar-refractivity contribution in [1.82, 2.24) is 9.55 Å². The van der Waals surface area contributed by atoms with E-state index >= 15 is 0 Å². The van der Waals surface area contributed by atoms with Crippen LogP contribution in [0.25, 0.3) is 50.4 Å². The van der Waals surface area contributed by atoms with Gasteiger partial charge in [-0.15, -0.1) is 0 Å². The van der Waals surface area contributed by atoms with E-state index in [-0.39, 0.29) is 0 Å². The minimum atomic E-state index is -0.427. The zero-order valence-corrected chi connectivity index (χ0v) is 25.2. The van der Waals surface area contributed by atoms with Crippen LogP contribution in [0.5, 0.6) is 0 Å². The molecule has 8 aromatic rings. The van der Waals surface area contributed by atoms with Gasteiger partial charge in [0.15, 0.2) is 0 Å². The second kappa shape index (κ2) is 10.6. The highest BCUT2D eigenvalue weighted by molar-refractivity contribution is 5.87. The molecule has 0 fully saturated rings. The third-order valence-electron chi connectivity index (χ3n) is 9.48. The number of rotatable bonds is 5. The molecule has 0 atom stereocenters. The largest absolute Gasteiger partial charge is 0.292 e. The van der Waals surface area contributed by atoms with Crippen molar-refractivity contribution in [2.45, 2.75) is 5.41 Å². The first-order valence-corrected chi connectivity index (χ1v) is 15.8. The third kappa shape index (κ3) is 3.94.